The highest BCUT2D eigenvalue weighted by atomic mass is 19.4. The topological polar surface area (TPSA) is 68.5 Å². The van der Waals surface area contributed by atoms with Crippen LogP contribution >= 0.6 is 0 Å². The zero-order valence-corrected chi connectivity index (χ0v) is 20.6. The minimum atomic E-state index is -4.52. The van der Waals surface area contributed by atoms with Crippen molar-refractivity contribution in [1.29, 1.82) is 0 Å². The number of carbonyl (C=O) groups is 2. The molecule has 1 heterocycles. The van der Waals surface area contributed by atoms with Crippen LogP contribution < -0.4 is 0 Å². The standard InChI is InChI=1S/C29H26F3NO4/c1-17-4-10-22(11-5-17)27(34)26-18(2)33(25-14-23(29(30,31)32)12-13-24(25)26)15-20-6-8-21(9-7-20)16-37-19(3)28(35)36/h4-14,19H,15-16H2,1-3H3,(H,35,36)/t19-/m1/s1. The number of alkyl halides is 3. The summed E-state index contributed by atoms with van der Waals surface area (Å²) in [5, 5.41) is 9.42. The molecule has 0 saturated heterocycles. The van der Waals surface area contributed by atoms with Crippen molar-refractivity contribution in [2.24, 2.45) is 0 Å². The van der Waals surface area contributed by atoms with Crippen molar-refractivity contribution >= 4 is 22.7 Å². The number of carboxylic acid groups (broad SMARTS) is 1. The number of hydrogen-bond acceptors (Lipinski definition) is 3. The number of ether oxygens (including phenoxy) is 1. The summed E-state index contributed by atoms with van der Waals surface area (Å²) in [6.45, 7) is 5.46. The molecule has 4 rings (SSSR count). The second-order valence-corrected chi connectivity index (χ2v) is 9.08. The Morgan fingerprint density at radius 2 is 1.57 bits per heavy atom. The number of halogens is 3. The molecule has 1 aromatic heterocycles. The Morgan fingerprint density at radius 3 is 2.16 bits per heavy atom. The lowest BCUT2D eigenvalue weighted by molar-refractivity contribution is -0.149. The maximum Gasteiger partial charge on any atom is 0.416 e. The normalized spacial score (nSPS) is 12.6. The highest BCUT2D eigenvalue weighted by molar-refractivity contribution is 6.17. The first kappa shape index (κ1) is 26.2. The van der Waals surface area contributed by atoms with E-state index in [1.165, 1.54) is 13.0 Å². The lowest BCUT2D eigenvalue weighted by Crippen LogP contribution is -2.19. The van der Waals surface area contributed by atoms with Crippen molar-refractivity contribution in [1.82, 2.24) is 4.57 Å². The molecule has 1 atom stereocenters. The fraction of sp³-hybridized carbons (Fsp3) is 0.241. The summed E-state index contributed by atoms with van der Waals surface area (Å²) in [5.74, 6) is -1.30. The molecule has 0 aliphatic rings. The van der Waals surface area contributed by atoms with E-state index in [4.69, 9.17) is 9.84 Å². The minimum absolute atomic E-state index is 0.114. The van der Waals surface area contributed by atoms with E-state index in [0.29, 0.717) is 27.7 Å². The molecule has 8 heteroatoms. The number of carbonyl (C=O) groups excluding carboxylic acids is 1. The number of carboxylic acids is 1. The van der Waals surface area contributed by atoms with E-state index in [1.54, 1.807) is 35.8 Å². The van der Waals surface area contributed by atoms with Gasteiger partial charge in [-0.15, -0.1) is 0 Å². The van der Waals surface area contributed by atoms with Crippen LogP contribution in [0.15, 0.2) is 66.7 Å². The van der Waals surface area contributed by atoms with Crippen molar-refractivity contribution in [3.8, 4) is 0 Å². The Bertz CT molecular complexity index is 1450. The van der Waals surface area contributed by atoms with Crippen molar-refractivity contribution in [2.45, 2.75) is 46.2 Å². The maximum atomic E-state index is 13.5. The SMILES string of the molecule is Cc1ccc(C(=O)c2c(C)n(Cc3ccc(CO[C@H](C)C(=O)O)cc3)c3cc(C(F)(F)F)ccc23)cc1. The van der Waals surface area contributed by atoms with Crippen molar-refractivity contribution in [3.05, 3.63) is 106 Å². The number of fused-ring (bicyclic) bond motifs is 1. The quantitative estimate of drug-likeness (QED) is 0.274. The molecule has 0 unspecified atom stereocenters. The number of aryl methyl sites for hydroxylation is 1. The molecule has 1 N–H and O–H groups in total. The Labute approximate surface area is 212 Å². The van der Waals surface area contributed by atoms with Crippen LogP contribution in [-0.2, 0) is 28.9 Å². The summed E-state index contributed by atoms with van der Waals surface area (Å²) >= 11 is 0. The highest BCUT2D eigenvalue weighted by Crippen LogP contribution is 2.35. The lowest BCUT2D eigenvalue weighted by Gasteiger charge is -2.12. The zero-order valence-electron chi connectivity index (χ0n) is 20.6. The summed E-state index contributed by atoms with van der Waals surface area (Å²) < 4.78 is 47.7. The van der Waals surface area contributed by atoms with Crippen molar-refractivity contribution in [2.75, 3.05) is 0 Å². The number of nitrogens with zero attached hydrogens (tertiary/aromatic N) is 1. The smallest absolute Gasteiger partial charge is 0.416 e. The average Bonchev–Trinajstić information content (AvgIpc) is 3.13. The van der Waals surface area contributed by atoms with Gasteiger partial charge in [-0.05, 0) is 44.0 Å². The van der Waals surface area contributed by atoms with Gasteiger partial charge in [0.15, 0.2) is 11.9 Å². The van der Waals surface area contributed by atoms with Crippen LogP contribution in [0.25, 0.3) is 10.9 Å². The maximum absolute atomic E-state index is 13.5. The molecular formula is C29H26F3NO4. The van der Waals surface area contributed by atoms with E-state index in [-0.39, 0.29) is 18.9 Å². The van der Waals surface area contributed by atoms with Crippen LogP contribution in [0, 0.1) is 13.8 Å². The molecule has 0 spiro atoms. The van der Waals surface area contributed by atoms with Gasteiger partial charge in [-0.1, -0.05) is 60.2 Å². The molecule has 0 aliphatic carbocycles. The summed E-state index contributed by atoms with van der Waals surface area (Å²) in [7, 11) is 0. The molecule has 0 saturated carbocycles. The number of ketones is 1. The number of aliphatic carboxylic acids is 1. The number of hydrogen-bond donors (Lipinski definition) is 1. The predicted molar refractivity (Wildman–Crippen MR) is 134 cm³/mol. The molecule has 0 aliphatic heterocycles. The van der Waals surface area contributed by atoms with E-state index in [0.717, 1.165) is 28.8 Å². The molecule has 0 radical (unpaired) electrons. The largest absolute Gasteiger partial charge is 0.479 e. The Balaban J connectivity index is 1.73. The summed E-state index contributed by atoms with van der Waals surface area (Å²) in [4.78, 5) is 24.4. The van der Waals surface area contributed by atoms with Gasteiger partial charge >= 0.3 is 12.1 Å². The molecular weight excluding hydrogens is 483 g/mol. The molecule has 192 valence electrons. The van der Waals surface area contributed by atoms with Gasteiger partial charge in [0.1, 0.15) is 0 Å². The fourth-order valence-corrected chi connectivity index (χ4v) is 4.21. The monoisotopic (exact) mass is 509 g/mol. The molecule has 0 amide bonds. The average molecular weight is 510 g/mol. The van der Waals surface area contributed by atoms with Crippen LogP contribution in [0.5, 0.6) is 0 Å². The van der Waals surface area contributed by atoms with Crippen LogP contribution in [-0.4, -0.2) is 27.5 Å². The van der Waals surface area contributed by atoms with E-state index < -0.39 is 23.8 Å². The van der Waals surface area contributed by atoms with Gasteiger partial charge in [0.25, 0.3) is 0 Å². The Hall–Kier alpha value is -3.91. The minimum Gasteiger partial charge on any atom is -0.479 e. The van der Waals surface area contributed by atoms with Crippen molar-refractivity contribution < 1.29 is 32.6 Å². The summed E-state index contributed by atoms with van der Waals surface area (Å²) in [6.07, 6.45) is -5.46. The van der Waals surface area contributed by atoms with Gasteiger partial charge < -0.3 is 14.4 Å². The third kappa shape index (κ3) is 5.59. The second-order valence-electron chi connectivity index (χ2n) is 9.08. The first-order chi connectivity index (χ1) is 17.5. The van der Waals surface area contributed by atoms with Gasteiger partial charge in [-0.2, -0.15) is 13.2 Å². The predicted octanol–water partition coefficient (Wildman–Crippen LogP) is 6.55. The first-order valence-electron chi connectivity index (χ1n) is 11.7. The summed E-state index contributed by atoms with van der Waals surface area (Å²) in [6, 6.07) is 17.7. The number of benzene rings is 3. The van der Waals surface area contributed by atoms with E-state index in [1.807, 2.05) is 31.2 Å². The number of aromatic nitrogens is 1. The molecule has 3 aromatic carbocycles. The van der Waals surface area contributed by atoms with E-state index >= 15 is 0 Å². The third-order valence-corrected chi connectivity index (χ3v) is 6.40. The number of rotatable bonds is 8. The molecule has 0 fully saturated rings. The van der Waals surface area contributed by atoms with E-state index in [2.05, 4.69) is 0 Å². The molecule has 4 aromatic rings. The lowest BCUT2D eigenvalue weighted by atomic mass is 9.99. The van der Waals surface area contributed by atoms with Gasteiger partial charge in [0.05, 0.1) is 17.7 Å². The Kier molecular flexibility index (Phi) is 7.23. The fourth-order valence-electron chi connectivity index (χ4n) is 4.21. The Morgan fingerprint density at radius 1 is 0.946 bits per heavy atom. The van der Waals surface area contributed by atoms with Crippen LogP contribution in [0.1, 0.15) is 50.8 Å². The van der Waals surface area contributed by atoms with Crippen LogP contribution in [0.4, 0.5) is 13.2 Å². The van der Waals surface area contributed by atoms with Gasteiger partial charge in [0.2, 0.25) is 0 Å². The molecule has 37 heavy (non-hydrogen) atoms. The van der Waals surface area contributed by atoms with Crippen LogP contribution in [0.2, 0.25) is 0 Å². The van der Waals surface area contributed by atoms with E-state index in [9.17, 15) is 22.8 Å². The van der Waals surface area contributed by atoms with Gasteiger partial charge in [-0.3, -0.25) is 4.79 Å². The van der Waals surface area contributed by atoms with Gasteiger partial charge in [-0.25, -0.2) is 4.79 Å². The zero-order chi connectivity index (χ0) is 26.9. The first-order valence-corrected chi connectivity index (χ1v) is 11.7. The van der Waals surface area contributed by atoms with Crippen LogP contribution in [0.3, 0.4) is 0 Å². The van der Waals surface area contributed by atoms with Gasteiger partial charge in [0, 0.05) is 28.7 Å². The highest BCUT2D eigenvalue weighted by Gasteiger charge is 2.32. The third-order valence-electron chi connectivity index (χ3n) is 6.40. The second kappa shape index (κ2) is 10.2. The molecule has 5 nitrogen and oxygen atoms in total. The van der Waals surface area contributed by atoms with Crippen molar-refractivity contribution in [3.63, 3.8) is 0 Å². The molecule has 0 bridgehead atoms. The summed E-state index contributed by atoms with van der Waals surface area (Å²) in [5.41, 5.74) is 3.52.